The third kappa shape index (κ3) is 12.9. The molecule has 0 radical (unpaired) electrons. The molecule has 0 aromatic carbocycles. The van der Waals surface area contributed by atoms with Crippen molar-refractivity contribution in [2.24, 2.45) is 0 Å². The highest BCUT2D eigenvalue weighted by Gasteiger charge is 1.95. The number of rotatable bonds is 10. The first-order valence-electron chi connectivity index (χ1n) is 6.27. The van der Waals surface area contributed by atoms with Crippen LogP contribution in [0.1, 0.15) is 58.3 Å². The smallest absolute Gasteiger partial charge is 0.303 e. The molecular formula is C14H24O2. The Labute approximate surface area is 99.1 Å². The predicted octanol–water partition coefficient (Wildman–Crippen LogP) is 4.32. The Balaban J connectivity index is 3.07. The van der Waals surface area contributed by atoms with Crippen LogP contribution in [0.15, 0.2) is 24.3 Å². The molecule has 0 aliphatic rings. The molecule has 0 saturated heterocycles. The highest BCUT2D eigenvalue weighted by Crippen LogP contribution is 2.08. The van der Waals surface area contributed by atoms with Crippen molar-refractivity contribution in [1.82, 2.24) is 0 Å². The van der Waals surface area contributed by atoms with E-state index in [-0.39, 0.29) is 0 Å². The van der Waals surface area contributed by atoms with Crippen LogP contribution >= 0.6 is 0 Å². The summed E-state index contributed by atoms with van der Waals surface area (Å²) in [5.74, 6) is -0.672. The molecule has 2 heteroatoms. The molecule has 2 nitrogen and oxygen atoms in total. The number of hydrogen-bond acceptors (Lipinski definition) is 1. The van der Waals surface area contributed by atoms with Crippen molar-refractivity contribution >= 4 is 5.97 Å². The van der Waals surface area contributed by atoms with E-state index in [1.54, 1.807) is 0 Å². The molecule has 0 aromatic heterocycles. The molecule has 0 aliphatic heterocycles. The summed E-state index contributed by atoms with van der Waals surface area (Å²) < 4.78 is 0. The highest BCUT2D eigenvalue weighted by atomic mass is 16.4. The molecule has 0 fully saturated rings. The monoisotopic (exact) mass is 224 g/mol. The number of aliphatic carboxylic acids is 1. The number of carboxylic acids is 1. The molecule has 0 aromatic rings. The zero-order valence-electron chi connectivity index (χ0n) is 10.3. The summed E-state index contributed by atoms with van der Waals surface area (Å²) in [7, 11) is 0. The van der Waals surface area contributed by atoms with Crippen LogP contribution in [-0.4, -0.2) is 11.1 Å². The largest absolute Gasteiger partial charge is 0.481 e. The SMILES string of the molecule is C/C=C\C=C/CCCCCCCCC(=O)O. The van der Waals surface area contributed by atoms with Crippen molar-refractivity contribution in [1.29, 1.82) is 0 Å². The van der Waals surface area contributed by atoms with Gasteiger partial charge in [0.05, 0.1) is 0 Å². The first kappa shape index (κ1) is 14.9. The van der Waals surface area contributed by atoms with Crippen LogP contribution in [0.5, 0.6) is 0 Å². The first-order valence-corrected chi connectivity index (χ1v) is 6.27. The minimum Gasteiger partial charge on any atom is -0.481 e. The summed E-state index contributed by atoms with van der Waals surface area (Å²) >= 11 is 0. The van der Waals surface area contributed by atoms with Crippen molar-refractivity contribution < 1.29 is 9.90 Å². The van der Waals surface area contributed by atoms with E-state index < -0.39 is 5.97 Å². The quantitative estimate of drug-likeness (QED) is 0.443. The topological polar surface area (TPSA) is 37.3 Å². The maximum atomic E-state index is 10.2. The summed E-state index contributed by atoms with van der Waals surface area (Å²) in [5.41, 5.74) is 0. The van der Waals surface area contributed by atoms with Crippen LogP contribution in [-0.2, 0) is 4.79 Å². The Morgan fingerprint density at radius 2 is 1.62 bits per heavy atom. The van der Waals surface area contributed by atoms with E-state index in [1.165, 1.54) is 25.7 Å². The number of hydrogen-bond donors (Lipinski definition) is 1. The van der Waals surface area contributed by atoms with Gasteiger partial charge in [-0.05, 0) is 26.2 Å². The molecule has 0 rings (SSSR count). The lowest BCUT2D eigenvalue weighted by molar-refractivity contribution is -0.137. The van der Waals surface area contributed by atoms with Crippen molar-refractivity contribution in [3.63, 3.8) is 0 Å². The zero-order valence-corrected chi connectivity index (χ0v) is 10.3. The molecule has 0 spiro atoms. The van der Waals surface area contributed by atoms with Crippen LogP contribution < -0.4 is 0 Å². The summed E-state index contributed by atoms with van der Waals surface area (Å²) in [6.07, 6.45) is 16.6. The predicted molar refractivity (Wildman–Crippen MR) is 68.5 cm³/mol. The van der Waals surface area contributed by atoms with E-state index in [0.717, 1.165) is 19.3 Å². The summed E-state index contributed by atoms with van der Waals surface area (Å²) in [5, 5.41) is 8.44. The minimum absolute atomic E-state index is 0.325. The van der Waals surface area contributed by atoms with Gasteiger partial charge >= 0.3 is 5.97 Å². The van der Waals surface area contributed by atoms with Gasteiger partial charge in [0, 0.05) is 6.42 Å². The Bertz CT molecular complexity index is 217. The normalized spacial score (nSPS) is 11.6. The average Bonchev–Trinajstić information content (AvgIpc) is 2.25. The number of allylic oxidation sites excluding steroid dienone is 4. The van der Waals surface area contributed by atoms with Crippen molar-refractivity contribution in [2.75, 3.05) is 0 Å². The Morgan fingerprint density at radius 1 is 1.00 bits per heavy atom. The second kappa shape index (κ2) is 12.0. The molecule has 0 heterocycles. The van der Waals surface area contributed by atoms with Crippen molar-refractivity contribution in [2.45, 2.75) is 58.3 Å². The van der Waals surface area contributed by atoms with E-state index in [9.17, 15) is 4.79 Å². The van der Waals surface area contributed by atoms with E-state index in [0.29, 0.717) is 6.42 Å². The average molecular weight is 224 g/mol. The Morgan fingerprint density at radius 3 is 2.25 bits per heavy atom. The van der Waals surface area contributed by atoms with Gasteiger partial charge in [-0.1, -0.05) is 50.0 Å². The van der Waals surface area contributed by atoms with E-state index in [4.69, 9.17) is 5.11 Å². The molecule has 92 valence electrons. The number of unbranched alkanes of at least 4 members (excludes halogenated alkanes) is 6. The fourth-order valence-corrected chi connectivity index (χ4v) is 1.53. The van der Waals surface area contributed by atoms with E-state index in [1.807, 2.05) is 19.1 Å². The third-order valence-corrected chi connectivity index (χ3v) is 2.45. The fourth-order valence-electron chi connectivity index (χ4n) is 1.53. The lowest BCUT2D eigenvalue weighted by Crippen LogP contribution is -1.93. The van der Waals surface area contributed by atoms with Gasteiger partial charge < -0.3 is 5.11 Å². The molecule has 0 bridgehead atoms. The van der Waals surface area contributed by atoms with Gasteiger partial charge in [0.15, 0.2) is 0 Å². The standard InChI is InChI=1S/C14H24O2/c1-2-3-4-5-6-7-8-9-10-11-12-13-14(15)16/h2-5H,6-13H2,1H3,(H,15,16)/b3-2-,5-4-. The van der Waals surface area contributed by atoms with Crippen LogP contribution in [0.3, 0.4) is 0 Å². The van der Waals surface area contributed by atoms with E-state index >= 15 is 0 Å². The Kier molecular flexibility index (Phi) is 11.2. The fraction of sp³-hybridized carbons (Fsp3) is 0.643. The van der Waals surface area contributed by atoms with Gasteiger partial charge in [-0.2, -0.15) is 0 Å². The molecule has 0 atom stereocenters. The van der Waals surface area contributed by atoms with Crippen LogP contribution in [0.4, 0.5) is 0 Å². The van der Waals surface area contributed by atoms with Crippen LogP contribution in [0.2, 0.25) is 0 Å². The third-order valence-electron chi connectivity index (χ3n) is 2.45. The highest BCUT2D eigenvalue weighted by molar-refractivity contribution is 5.66. The maximum absolute atomic E-state index is 10.2. The van der Waals surface area contributed by atoms with Crippen LogP contribution in [0.25, 0.3) is 0 Å². The second-order valence-electron chi connectivity index (χ2n) is 4.01. The first-order chi connectivity index (χ1) is 7.77. The zero-order chi connectivity index (χ0) is 12.1. The summed E-state index contributed by atoms with van der Waals surface area (Å²) in [6.45, 7) is 2.02. The molecule has 0 aliphatic carbocycles. The molecule has 0 unspecified atom stereocenters. The van der Waals surface area contributed by atoms with Gasteiger partial charge in [-0.25, -0.2) is 0 Å². The molecule has 1 N–H and O–H groups in total. The van der Waals surface area contributed by atoms with Gasteiger partial charge in [-0.3, -0.25) is 4.79 Å². The minimum atomic E-state index is -0.672. The summed E-state index contributed by atoms with van der Waals surface area (Å²) in [4.78, 5) is 10.2. The van der Waals surface area contributed by atoms with Gasteiger partial charge in [0.2, 0.25) is 0 Å². The van der Waals surface area contributed by atoms with Crippen molar-refractivity contribution in [3.8, 4) is 0 Å². The molecule has 16 heavy (non-hydrogen) atoms. The maximum Gasteiger partial charge on any atom is 0.303 e. The van der Waals surface area contributed by atoms with Crippen LogP contribution in [0, 0.1) is 0 Å². The lowest BCUT2D eigenvalue weighted by Gasteiger charge is -1.98. The van der Waals surface area contributed by atoms with Gasteiger partial charge in [-0.15, -0.1) is 0 Å². The van der Waals surface area contributed by atoms with E-state index in [2.05, 4.69) is 12.2 Å². The molecule has 0 amide bonds. The Hall–Kier alpha value is -1.05. The van der Waals surface area contributed by atoms with Gasteiger partial charge in [0.1, 0.15) is 0 Å². The molecule has 0 saturated carbocycles. The number of carboxylic acid groups (broad SMARTS) is 1. The second-order valence-corrected chi connectivity index (χ2v) is 4.01. The lowest BCUT2D eigenvalue weighted by atomic mass is 10.1. The van der Waals surface area contributed by atoms with Crippen molar-refractivity contribution in [3.05, 3.63) is 24.3 Å². The number of carbonyl (C=O) groups is 1. The van der Waals surface area contributed by atoms with Gasteiger partial charge in [0.25, 0.3) is 0 Å². The summed E-state index contributed by atoms with van der Waals surface area (Å²) in [6, 6.07) is 0. The molecular weight excluding hydrogens is 200 g/mol.